The predicted molar refractivity (Wildman–Crippen MR) is 106 cm³/mol. The first-order valence-corrected chi connectivity index (χ1v) is 10.3. The molecule has 1 N–H and O–H groups in total. The zero-order valence-corrected chi connectivity index (χ0v) is 16.2. The lowest BCUT2D eigenvalue weighted by atomic mass is 10.1. The molecule has 144 valence electrons. The van der Waals surface area contributed by atoms with Crippen LogP contribution in [0.4, 0.5) is 0 Å². The molecular formula is C22H30N4O. The highest BCUT2D eigenvalue weighted by atomic mass is 16.1. The monoisotopic (exact) mass is 366 g/mol. The molecule has 1 aliphatic heterocycles. The lowest BCUT2D eigenvalue weighted by Gasteiger charge is -2.21. The number of benzene rings is 1. The molecule has 1 aliphatic carbocycles. The third-order valence-corrected chi connectivity index (χ3v) is 5.81. The molecule has 0 bridgehead atoms. The molecule has 27 heavy (non-hydrogen) atoms. The van der Waals surface area contributed by atoms with Gasteiger partial charge in [-0.25, -0.2) is 4.98 Å². The highest BCUT2D eigenvalue weighted by Gasteiger charge is 2.35. The van der Waals surface area contributed by atoms with Crippen LogP contribution >= 0.6 is 0 Å². The minimum Gasteiger partial charge on any atom is -0.342 e. The first kappa shape index (κ1) is 18.2. The second-order valence-corrected chi connectivity index (χ2v) is 8.08. The first-order chi connectivity index (χ1) is 13.2. The maximum absolute atomic E-state index is 12.9. The Balaban J connectivity index is 1.44. The molecule has 1 saturated carbocycles. The summed E-state index contributed by atoms with van der Waals surface area (Å²) in [6.07, 6.45) is 11.3. The summed E-state index contributed by atoms with van der Waals surface area (Å²) in [5, 5.41) is 3.24. The van der Waals surface area contributed by atoms with Crippen LogP contribution in [0.1, 0.15) is 66.3 Å². The van der Waals surface area contributed by atoms with E-state index in [4.69, 9.17) is 0 Å². The Bertz CT molecular complexity index is 772. The highest BCUT2D eigenvalue weighted by molar-refractivity contribution is 5.94. The minimum atomic E-state index is 0.00626. The van der Waals surface area contributed by atoms with E-state index in [1.54, 1.807) is 6.20 Å². The van der Waals surface area contributed by atoms with E-state index in [0.29, 0.717) is 5.92 Å². The molecule has 2 heterocycles. The molecule has 1 aromatic heterocycles. The van der Waals surface area contributed by atoms with Crippen molar-refractivity contribution in [2.45, 2.75) is 51.1 Å². The Morgan fingerprint density at radius 2 is 2.00 bits per heavy atom. The molecule has 1 aromatic carbocycles. The molecule has 4 rings (SSSR count). The maximum atomic E-state index is 12.9. The average molecular weight is 367 g/mol. The Kier molecular flexibility index (Phi) is 5.58. The van der Waals surface area contributed by atoms with Crippen LogP contribution in [0.3, 0.4) is 0 Å². The van der Waals surface area contributed by atoms with Crippen LogP contribution in [-0.4, -0.2) is 33.4 Å². The number of aryl methyl sites for hydroxylation is 1. The van der Waals surface area contributed by atoms with E-state index in [-0.39, 0.29) is 11.9 Å². The fraction of sp³-hybridized carbons (Fsp3) is 0.545. The lowest BCUT2D eigenvalue weighted by Crippen LogP contribution is -2.31. The maximum Gasteiger partial charge on any atom is 0.251 e. The normalized spacial score (nSPS) is 19.4. The van der Waals surface area contributed by atoms with Crippen LogP contribution in [0.5, 0.6) is 0 Å². The number of hydrogen-bond donors (Lipinski definition) is 1. The van der Waals surface area contributed by atoms with Gasteiger partial charge in [-0.15, -0.1) is 0 Å². The Morgan fingerprint density at radius 3 is 2.67 bits per heavy atom. The fourth-order valence-corrected chi connectivity index (χ4v) is 4.09. The topological polar surface area (TPSA) is 50.2 Å². The van der Waals surface area contributed by atoms with Crippen molar-refractivity contribution in [3.63, 3.8) is 0 Å². The summed E-state index contributed by atoms with van der Waals surface area (Å²) < 4.78 is 2.01. The zero-order chi connectivity index (χ0) is 18.6. The van der Waals surface area contributed by atoms with Crippen LogP contribution in [0.25, 0.3) is 0 Å². The highest BCUT2D eigenvalue weighted by Crippen LogP contribution is 2.40. The molecule has 1 amide bonds. The summed E-state index contributed by atoms with van der Waals surface area (Å²) >= 11 is 0. The van der Waals surface area contributed by atoms with Crippen molar-refractivity contribution in [1.29, 1.82) is 0 Å². The van der Waals surface area contributed by atoms with Crippen LogP contribution in [0.2, 0.25) is 0 Å². The summed E-state index contributed by atoms with van der Waals surface area (Å²) in [7, 11) is 1.99. The van der Waals surface area contributed by atoms with Gasteiger partial charge in [-0.3, -0.25) is 9.69 Å². The number of amides is 1. The molecule has 0 unspecified atom stereocenters. The van der Waals surface area contributed by atoms with Gasteiger partial charge in [0.15, 0.2) is 0 Å². The van der Waals surface area contributed by atoms with Crippen LogP contribution in [0.15, 0.2) is 36.7 Å². The number of carbonyl (C=O) groups is 1. The Morgan fingerprint density at radius 1 is 1.22 bits per heavy atom. The number of likely N-dealkylation sites (tertiary alicyclic amines) is 1. The van der Waals surface area contributed by atoms with Gasteiger partial charge in [-0.2, -0.15) is 0 Å². The SMILES string of the molecule is Cn1ccnc1[C@H](NC(=O)c1cccc(CN2CCCCCC2)c1)C1CC1. The predicted octanol–water partition coefficient (Wildman–Crippen LogP) is 3.68. The van der Waals surface area contributed by atoms with Gasteiger partial charge in [0.05, 0.1) is 6.04 Å². The molecule has 2 fully saturated rings. The third-order valence-electron chi connectivity index (χ3n) is 5.81. The number of nitrogens with one attached hydrogen (secondary N) is 1. The number of nitrogens with zero attached hydrogens (tertiary/aromatic N) is 3. The molecule has 2 aliphatic rings. The quantitative estimate of drug-likeness (QED) is 0.848. The molecule has 0 radical (unpaired) electrons. The lowest BCUT2D eigenvalue weighted by molar-refractivity contribution is 0.0928. The molecule has 5 heteroatoms. The summed E-state index contributed by atoms with van der Waals surface area (Å²) in [6.45, 7) is 3.27. The average Bonchev–Trinajstić information content (AvgIpc) is 3.46. The van der Waals surface area contributed by atoms with E-state index in [0.717, 1.165) is 30.8 Å². The largest absolute Gasteiger partial charge is 0.342 e. The fourth-order valence-electron chi connectivity index (χ4n) is 4.09. The van der Waals surface area contributed by atoms with Gasteiger partial charge in [0.2, 0.25) is 0 Å². The van der Waals surface area contributed by atoms with E-state index in [9.17, 15) is 4.79 Å². The van der Waals surface area contributed by atoms with E-state index in [1.165, 1.54) is 44.3 Å². The molecule has 1 saturated heterocycles. The summed E-state index contributed by atoms with van der Waals surface area (Å²) in [6, 6.07) is 8.13. The Labute approximate surface area is 161 Å². The van der Waals surface area contributed by atoms with Gasteiger partial charge < -0.3 is 9.88 Å². The van der Waals surface area contributed by atoms with Crippen molar-refractivity contribution in [2.75, 3.05) is 13.1 Å². The van der Waals surface area contributed by atoms with Gasteiger partial charge in [-0.05, 0) is 62.4 Å². The number of hydrogen-bond acceptors (Lipinski definition) is 3. The van der Waals surface area contributed by atoms with E-state index >= 15 is 0 Å². The van der Waals surface area contributed by atoms with Crippen LogP contribution in [0, 0.1) is 5.92 Å². The minimum absolute atomic E-state index is 0.00626. The van der Waals surface area contributed by atoms with Crippen molar-refractivity contribution in [2.24, 2.45) is 13.0 Å². The van der Waals surface area contributed by atoms with Gasteiger partial charge in [0.1, 0.15) is 5.82 Å². The van der Waals surface area contributed by atoms with E-state index in [1.807, 2.05) is 29.9 Å². The van der Waals surface area contributed by atoms with Gasteiger partial charge in [0.25, 0.3) is 5.91 Å². The summed E-state index contributed by atoms with van der Waals surface area (Å²) in [4.78, 5) is 19.9. The number of carbonyl (C=O) groups excluding carboxylic acids is 1. The molecule has 5 nitrogen and oxygen atoms in total. The van der Waals surface area contributed by atoms with Crippen LogP contribution < -0.4 is 5.32 Å². The molecule has 0 spiro atoms. The smallest absolute Gasteiger partial charge is 0.251 e. The molecular weight excluding hydrogens is 336 g/mol. The van der Waals surface area contributed by atoms with Gasteiger partial charge in [0, 0.05) is 31.5 Å². The second kappa shape index (κ2) is 8.26. The number of aromatic nitrogens is 2. The van der Waals surface area contributed by atoms with Crippen molar-refractivity contribution >= 4 is 5.91 Å². The van der Waals surface area contributed by atoms with E-state index in [2.05, 4.69) is 27.3 Å². The summed E-state index contributed by atoms with van der Waals surface area (Å²) in [5.41, 5.74) is 1.98. The molecule has 1 atom stereocenters. The zero-order valence-electron chi connectivity index (χ0n) is 16.2. The van der Waals surface area contributed by atoms with Crippen LogP contribution in [-0.2, 0) is 13.6 Å². The van der Waals surface area contributed by atoms with Crippen molar-refractivity contribution < 1.29 is 4.79 Å². The van der Waals surface area contributed by atoms with E-state index < -0.39 is 0 Å². The number of imidazole rings is 1. The van der Waals surface area contributed by atoms with Crippen molar-refractivity contribution in [3.8, 4) is 0 Å². The standard InChI is InChI=1S/C22H30N4O/c1-25-14-11-23-21(25)20(18-9-10-18)24-22(27)19-8-6-7-17(15-19)16-26-12-4-2-3-5-13-26/h6-8,11,14-15,18,20H,2-5,9-10,12-13,16H2,1H3,(H,24,27)/t20-/m1/s1. The first-order valence-electron chi connectivity index (χ1n) is 10.3. The number of rotatable bonds is 6. The van der Waals surface area contributed by atoms with Crippen molar-refractivity contribution in [1.82, 2.24) is 19.8 Å². The summed E-state index contributed by atoms with van der Waals surface area (Å²) in [5.74, 6) is 1.47. The Hall–Kier alpha value is -2.14. The van der Waals surface area contributed by atoms with Gasteiger partial charge >= 0.3 is 0 Å². The van der Waals surface area contributed by atoms with Crippen molar-refractivity contribution in [3.05, 3.63) is 53.6 Å². The molecule has 2 aromatic rings. The van der Waals surface area contributed by atoms with Gasteiger partial charge in [-0.1, -0.05) is 25.0 Å². The third kappa shape index (κ3) is 4.59. The second-order valence-electron chi connectivity index (χ2n) is 8.08.